The van der Waals surface area contributed by atoms with Gasteiger partial charge in [-0.25, -0.2) is 4.39 Å². The van der Waals surface area contributed by atoms with Gasteiger partial charge in [-0.05, 0) is 66.9 Å². The Hall–Kier alpha value is -4.35. The monoisotopic (exact) mass is 560 g/mol. The van der Waals surface area contributed by atoms with Crippen LogP contribution in [-0.4, -0.2) is 16.6 Å². The minimum absolute atomic E-state index is 0.128. The number of benzene rings is 3. The first-order valence-corrected chi connectivity index (χ1v) is 11.8. The van der Waals surface area contributed by atoms with Crippen molar-refractivity contribution in [3.05, 3.63) is 100 Å². The summed E-state index contributed by atoms with van der Waals surface area (Å²) in [7, 11) is 0. The molecule has 2 N–H and O–H groups in total. The molecule has 0 aliphatic heterocycles. The van der Waals surface area contributed by atoms with E-state index in [1.165, 1.54) is 6.07 Å². The van der Waals surface area contributed by atoms with Crippen LogP contribution >= 0.6 is 0 Å². The Kier molecular flexibility index (Phi) is 7.39. The van der Waals surface area contributed by atoms with Crippen LogP contribution in [0, 0.1) is 29.0 Å². The highest BCUT2D eigenvalue weighted by atomic mass is 19.4. The Morgan fingerprint density at radius 3 is 2.20 bits per heavy atom. The molecular weight excluding hydrogens is 541 g/mol. The minimum atomic E-state index is -4.92. The average Bonchev–Trinajstić information content (AvgIpc) is 3.67. The number of carbonyl (C=O) groups is 1. The zero-order valence-electron chi connectivity index (χ0n) is 20.4. The largest absolute Gasteiger partial charge is 0.417 e. The van der Waals surface area contributed by atoms with Gasteiger partial charge in [0, 0.05) is 23.1 Å². The summed E-state index contributed by atoms with van der Waals surface area (Å²) in [6.45, 7) is 0. The van der Waals surface area contributed by atoms with Crippen LogP contribution in [0.15, 0.2) is 66.7 Å². The Morgan fingerprint density at radius 1 is 0.950 bits per heavy atom. The van der Waals surface area contributed by atoms with Crippen LogP contribution in [0.3, 0.4) is 0 Å². The molecule has 0 heterocycles. The quantitative estimate of drug-likeness (QED) is 0.274. The molecule has 1 atom stereocenters. The number of hydrogen-bond donors (Lipinski definition) is 2. The average molecular weight is 560 g/mol. The van der Waals surface area contributed by atoms with Crippen LogP contribution in [0.1, 0.15) is 47.1 Å². The summed E-state index contributed by atoms with van der Waals surface area (Å²) in [4.78, 5) is 13.3. The van der Waals surface area contributed by atoms with Crippen LogP contribution < -0.4 is 5.32 Å². The molecule has 1 unspecified atom stereocenters. The first kappa shape index (κ1) is 28.7. The lowest BCUT2D eigenvalue weighted by molar-refractivity contribution is -0.138. The number of carbonyl (C=O) groups excluding carboxylic acids is 1. The van der Waals surface area contributed by atoms with Crippen LogP contribution in [0.5, 0.6) is 0 Å². The third kappa shape index (κ3) is 6.11. The molecule has 4 nitrogen and oxygen atoms in total. The third-order valence-electron chi connectivity index (χ3n) is 6.58. The maximum Gasteiger partial charge on any atom is 0.417 e. The van der Waals surface area contributed by atoms with E-state index in [0.29, 0.717) is 29.8 Å². The third-order valence-corrected chi connectivity index (χ3v) is 6.58. The Labute approximate surface area is 224 Å². The number of nitriles is 1. The van der Waals surface area contributed by atoms with Crippen LogP contribution in [0.25, 0.3) is 0 Å². The maximum absolute atomic E-state index is 14.8. The van der Waals surface area contributed by atoms with E-state index in [0.717, 1.165) is 12.1 Å². The van der Waals surface area contributed by atoms with E-state index in [1.807, 2.05) is 0 Å². The molecule has 0 saturated heterocycles. The molecule has 206 valence electrons. The standard InChI is InChI=1S/C29H19F7N2O2/c30-24-9-7-20(28(31,32)33)14-23(24)26(12-13-26)17-27(40,11-10-18-4-2-1-3-5-18)25(39)38-21-8-6-19(16-37)22(15-21)29(34,35)36/h1-9,14-15,40H,12-13,17H2,(H,38,39). The normalized spacial score (nSPS) is 15.7. The van der Waals surface area contributed by atoms with Gasteiger partial charge in [0.15, 0.2) is 0 Å². The summed E-state index contributed by atoms with van der Waals surface area (Å²) < 4.78 is 95.0. The van der Waals surface area contributed by atoms with Crippen molar-refractivity contribution in [1.29, 1.82) is 5.26 Å². The van der Waals surface area contributed by atoms with E-state index in [9.17, 15) is 40.6 Å². The van der Waals surface area contributed by atoms with Crippen molar-refractivity contribution in [2.24, 2.45) is 0 Å². The molecule has 0 bridgehead atoms. The highest BCUT2D eigenvalue weighted by Crippen LogP contribution is 2.55. The van der Waals surface area contributed by atoms with Crippen molar-refractivity contribution in [3.8, 4) is 17.9 Å². The van der Waals surface area contributed by atoms with Gasteiger partial charge < -0.3 is 10.4 Å². The van der Waals surface area contributed by atoms with Crippen molar-refractivity contribution in [1.82, 2.24) is 0 Å². The molecule has 1 fully saturated rings. The molecule has 40 heavy (non-hydrogen) atoms. The fourth-order valence-corrected chi connectivity index (χ4v) is 4.36. The summed E-state index contributed by atoms with van der Waals surface area (Å²) in [6, 6.07) is 13.7. The van der Waals surface area contributed by atoms with Gasteiger partial charge >= 0.3 is 12.4 Å². The molecule has 1 aliphatic carbocycles. The topological polar surface area (TPSA) is 73.1 Å². The van der Waals surface area contributed by atoms with Crippen LogP contribution in [0.4, 0.5) is 36.4 Å². The first-order chi connectivity index (χ1) is 18.7. The smallest absolute Gasteiger partial charge is 0.369 e. The molecule has 1 saturated carbocycles. The van der Waals surface area contributed by atoms with Gasteiger partial charge in [-0.1, -0.05) is 30.0 Å². The summed E-state index contributed by atoms with van der Waals surface area (Å²) in [5.41, 5.74) is -7.57. The highest BCUT2D eigenvalue weighted by molar-refractivity contribution is 6.00. The lowest BCUT2D eigenvalue weighted by Crippen LogP contribution is -2.44. The molecule has 3 aromatic rings. The molecule has 1 amide bonds. The summed E-state index contributed by atoms with van der Waals surface area (Å²) in [5.74, 6) is 2.77. The Morgan fingerprint density at radius 2 is 1.62 bits per heavy atom. The second kappa shape index (κ2) is 10.3. The SMILES string of the molecule is N#Cc1ccc(NC(=O)C(O)(C#Cc2ccccc2)CC2(c3cc(C(F)(F)F)ccc3F)CC2)cc1C(F)(F)F. The van der Waals surface area contributed by atoms with Gasteiger partial charge in [0.05, 0.1) is 22.8 Å². The number of aliphatic hydroxyl groups is 1. The van der Waals surface area contributed by atoms with Gasteiger partial charge in [0.1, 0.15) is 5.82 Å². The van der Waals surface area contributed by atoms with E-state index in [4.69, 9.17) is 5.26 Å². The number of amides is 1. The predicted octanol–water partition coefficient (Wildman–Crippen LogP) is 6.58. The number of hydrogen-bond acceptors (Lipinski definition) is 3. The molecular formula is C29H19F7N2O2. The zero-order valence-corrected chi connectivity index (χ0v) is 20.4. The van der Waals surface area contributed by atoms with Crippen molar-refractivity contribution in [2.45, 2.75) is 42.6 Å². The van der Waals surface area contributed by atoms with Crippen molar-refractivity contribution >= 4 is 11.6 Å². The Bertz CT molecular complexity index is 1540. The molecule has 4 rings (SSSR count). The fourth-order valence-electron chi connectivity index (χ4n) is 4.36. The van der Waals surface area contributed by atoms with E-state index in [-0.39, 0.29) is 18.4 Å². The molecule has 0 radical (unpaired) electrons. The number of nitrogens with one attached hydrogen (secondary N) is 1. The lowest BCUT2D eigenvalue weighted by Gasteiger charge is -2.28. The van der Waals surface area contributed by atoms with E-state index in [1.54, 1.807) is 30.3 Å². The fraction of sp³-hybridized carbons (Fsp3) is 0.241. The molecule has 0 aromatic heterocycles. The number of halogens is 7. The van der Waals surface area contributed by atoms with Crippen molar-refractivity contribution in [3.63, 3.8) is 0 Å². The second-order valence-electron chi connectivity index (χ2n) is 9.45. The lowest BCUT2D eigenvalue weighted by atomic mass is 9.81. The molecule has 1 aliphatic rings. The van der Waals surface area contributed by atoms with E-state index in [2.05, 4.69) is 17.2 Å². The first-order valence-electron chi connectivity index (χ1n) is 11.8. The summed E-state index contributed by atoms with van der Waals surface area (Å²) >= 11 is 0. The second-order valence-corrected chi connectivity index (χ2v) is 9.45. The molecule has 0 spiro atoms. The van der Waals surface area contributed by atoms with Crippen LogP contribution in [0.2, 0.25) is 0 Å². The van der Waals surface area contributed by atoms with Gasteiger partial charge in [-0.3, -0.25) is 4.79 Å². The van der Waals surface area contributed by atoms with E-state index < -0.39 is 63.9 Å². The van der Waals surface area contributed by atoms with Gasteiger partial charge in [-0.2, -0.15) is 31.6 Å². The Balaban J connectivity index is 1.74. The molecule has 11 heteroatoms. The zero-order chi connectivity index (χ0) is 29.3. The minimum Gasteiger partial charge on any atom is -0.369 e. The maximum atomic E-state index is 14.8. The number of anilines is 1. The summed E-state index contributed by atoms with van der Waals surface area (Å²) in [6.07, 6.45) is -10.1. The van der Waals surface area contributed by atoms with E-state index >= 15 is 0 Å². The van der Waals surface area contributed by atoms with Gasteiger partial charge in [0.25, 0.3) is 5.91 Å². The highest BCUT2D eigenvalue weighted by Gasteiger charge is 2.54. The number of alkyl halides is 6. The van der Waals surface area contributed by atoms with Crippen LogP contribution in [-0.2, 0) is 22.6 Å². The predicted molar refractivity (Wildman–Crippen MR) is 130 cm³/mol. The summed E-state index contributed by atoms with van der Waals surface area (Å²) in [5, 5.41) is 22.6. The van der Waals surface area contributed by atoms with Crippen molar-refractivity contribution in [2.75, 3.05) is 5.32 Å². The number of nitrogens with zero attached hydrogens (tertiary/aromatic N) is 1. The van der Waals surface area contributed by atoms with Crippen molar-refractivity contribution < 1.29 is 40.6 Å². The van der Waals surface area contributed by atoms with Gasteiger partial charge in [-0.15, -0.1) is 0 Å². The molecule has 3 aromatic carbocycles. The van der Waals surface area contributed by atoms with Gasteiger partial charge in [0.2, 0.25) is 5.60 Å². The number of rotatable bonds is 5.